The zero-order chi connectivity index (χ0) is 17.2. The minimum Gasteiger partial charge on any atom is -0.365 e. The molecule has 1 amide bonds. The van der Waals surface area contributed by atoms with Crippen LogP contribution in [-0.4, -0.2) is 44.9 Å². The molecule has 0 radical (unpaired) electrons. The van der Waals surface area contributed by atoms with Gasteiger partial charge in [-0.2, -0.15) is 0 Å². The van der Waals surface area contributed by atoms with Gasteiger partial charge in [0.2, 0.25) is 5.91 Å². The molecule has 0 aromatic carbocycles. The number of fused-ring (bicyclic) bond motifs is 1. The van der Waals surface area contributed by atoms with Crippen molar-refractivity contribution >= 4 is 11.7 Å². The van der Waals surface area contributed by atoms with Crippen molar-refractivity contribution in [2.75, 3.05) is 18.4 Å². The van der Waals surface area contributed by atoms with Crippen molar-refractivity contribution < 1.29 is 4.79 Å². The predicted octanol–water partition coefficient (Wildman–Crippen LogP) is 2.45. The number of rotatable bonds is 5. The molecule has 1 atom stereocenters. The summed E-state index contributed by atoms with van der Waals surface area (Å²) >= 11 is 0. The Bertz CT molecular complexity index is 777. The van der Waals surface area contributed by atoms with Gasteiger partial charge in [-0.1, -0.05) is 6.07 Å². The summed E-state index contributed by atoms with van der Waals surface area (Å²) in [5.74, 6) is 1.84. The highest BCUT2D eigenvalue weighted by molar-refractivity contribution is 5.78. The Morgan fingerprint density at radius 2 is 2.12 bits per heavy atom. The number of aromatic nitrogens is 3. The second-order valence-corrected chi connectivity index (χ2v) is 6.88. The quantitative estimate of drug-likeness (QED) is 0.907. The molecule has 25 heavy (non-hydrogen) atoms. The lowest BCUT2D eigenvalue weighted by atomic mass is 10.2. The van der Waals surface area contributed by atoms with E-state index < -0.39 is 0 Å². The van der Waals surface area contributed by atoms with Gasteiger partial charge in [0, 0.05) is 43.0 Å². The van der Waals surface area contributed by atoms with Crippen LogP contribution < -0.4 is 5.32 Å². The topological polar surface area (TPSA) is 71.0 Å². The average Bonchev–Trinajstić information content (AvgIpc) is 3.25. The van der Waals surface area contributed by atoms with Crippen LogP contribution in [0.25, 0.3) is 11.5 Å². The van der Waals surface area contributed by atoms with Crippen LogP contribution in [0.3, 0.4) is 0 Å². The van der Waals surface area contributed by atoms with E-state index in [4.69, 9.17) is 9.97 Å². The average molecular weight is 337 g/mol. The van der Waals surface area contributed by atoms with Gasteiger partial charge < -0.3 is 10.2 Å². The fourth-order valence-electron chi connectivity index (χ4n) is 3.67. The zero-order valence-corrected chi connectivity index (χ0v) is 14.5. The first-order chi connectivity index (χ1) is 12.2. The number of carbonyl (C=O) groups excluding carboxylic acids is 1. The molecule has 3 heterocycles. The molecular weight excluding hydrogens is 314 g/mol. The van der Waals surface area contributed by atoms with Gasteiger partial charge in [0.25, 0.3) is 0 Å². The van der Waals surface area contributed by atoms with E-state index in [2.05, 4.69) is 17.2 Å². The van der Waals surface area contributed by atoms with E-state index in [1.165, 1.54) is 5.56 Å². The number of amides is 1. The Kier molecular flexibility index (Phi) is 4.34. The summed E-state index contributed by atoms with van der Waals surface area (Å²) in [6.45, 7) is 3.69. The molecule has 130 valence electrons. The smallest absolute Gasteiger partial charge is 0.222 e. The summed E-state index contributed by atoms with van der Waals surface area (Å²) in [7, 11) is 0. The van der Waals surface area contributed by atoms with Crippen molar-refractivity contribution in [1.82, 2.24) is 19.9 Å². The first-order valence-electron chi connectivity index (χ1n) is 9.06. The number of aryl methyl sites for hydroxylation is 1. The molecule has 6 heteroatoms. The Balaban J connectivity index is 1.58. The highest BCUT2D eigenvalue weighted by Crippen LogP contribution is 2.29. The lowest BCUT2D eigenvalue weighted by Gasteiger charge is -2.23. The molecule has 1 aliphatic heterocycles. The molecule has 0 bridgehead atoms. The van der Waals surface area contributed by atoms with Crippen molar-refractivity contribution in [1.29, 1.82) is 0 Å². The van der Waals surface area contributed by atoms with E-state index in [-0.39, 0.29) is 11.9 Å². The van der Waals surface area contributed by atoms with Gasteiger partial charge in [0.1, 0.15) is 11.5 Å². The maximum Gasteiger partial charge on any atom is 0.222 e. The number of hydrogen-bond acceptors (Lipinski definition) is 5. The largest absolute Gasteiger partial charge is 0.365 e. The summed E-state index contributed by atoms with van der Waals surface area (Å²) < 4.78 is 0. The summed E-state index contributed by atoms with van der Waals surface area (Å²) in [5.41, 5.74) is 3.14. The standard InChI is InChI=1S/C19H23N5O/c1-13(12-24-11-5-9-17(24)25)21-18-14-6-4-8-15(14)22-19(23-18)16-7-2-3-10-20-16/h2-3,7,10,13H,4-6,8-9,11-12H2,1H3,(H,21,22,23). The number of carbonyl (C=O) groups is 1. The van der Waals surface area contributed by atoms with Crippen LogP contribution >= 0.6 is 0 Å². The van der Waals surface area contributed by atoms with Crippen molar-refractivity contribution in [3.05, 3.63) is 35.7 Å². The van der Waals surface area contributed by atoms with Crippen LogP contribution in [0.15, 0.2) is 24.4 Å². The molecule has 2 aliphatic rings. The fraction of sp³-hybridized carbons (Fsp3) is 0.474. The molecule has 0 spiro atoms. The molecule has 1 fully saturated rings. The fourth-order valence-corrected chi connectivity index (χ4v) is 3.67. The van der Waals surface area contributed by atoms with Gasteiger partial charge in [-0.25, -0.2) is 9.97 Å². The highest BCUT2D eigenvalue weighted by atomic mass is 16.2. The maximum atomic E-state index is 11.9. The van der Waals surface area contributed by atoms with Crippen LogP contribution in [0, 0.1) is 0 Å². The summed E-state index contributed by atoms with van der Waals surface area (Å²) in [4.78, 5) is 27.7. The molecule has 1 aliphatic carbocycles. The third kappa shape index (κ3) is 3.34. The number of nitrogens with one attached hydrogen (secondary N) is 1. The SMILES string of the molecule is CC(CN1CCCC1=O)Nc1nc(-c2ccccn2)nc2c1CCC2. The zero-order valence-electron chi connectivity index (χ0n) is 14.5. The van der Waals surface area contributed by atoms with Crippen molar-refractivity contribution in [3.63, 3.8) is 0 Å². The Hall–Kier alpha value is -2.50. The molecule has 1 unspecified atom stereocenters. The maximum absolute atomic E-state index is 11.9. The Morgan fingerprint density at radius 3 is 2.88 bits per heavy atom. The van der Waals surface area contributed by atoms with E-state index >= 15 is 0 Å². The van der Waals surface area contributed by atoms with Gasteiger partial charge >= 0.3 is 0 Å². The lowest BCUT2D eigenvalue weighted by Crippen LogP contribution is -2.36. The monoisotopic (exact) mass is 337 g/mol. The molecule has 1 N–H and O–H groups in total. The predicted molar refractivity (Wildman–Crippen MR) is 96.2 cm³/mol. The van der Waals surface area contributed by atoms with Crippen LogP contribution in [0.2, 0.25) is 0 Å². The van der Waals surface area contributed by atoms with Gasteiger partial charge in [0.05, 0.1) is 0 Å². The molecule has 1 saturated heterocycles. The van der Waals surface area contributed by atoms with Gasteiger partial charge in [-0.3, -0.25) is 9.78 Å². The van der Waals surface area contributed by atoms with Crippen molar-refractivity contribution in [3.8, 4) is 11.5 Å². The van der Waals surface area contributed by atoms with Crippen LogP contribution in [0.5, 0.6) is 0 Å². The molecule has 4 rings (SSSR count). The second kappa shape index (κ2) is 6.78. The number of anilines is 1. The van der Waals surface area contributed by atoms with Gasteiger partial charge in [0.15, 0.2) is 5.82 Å². The Labute approximate surface area is 147 Å². The first kappa shape index (κ1) is 16.0. The summed E-state index contributed by atoms with van der Waals surface area (Å²) in [6, 6.07) is 5.93. The van der Waals surface area contributed by atoms with E-state index in [0.717, 1.165) is 56.0 Å². The van der Waals surface area contributed by atoms with Gasteiger partial charge in [-0.05, 0) is 44.7 Å². The minimum atomic E-state index is 0.151. The van der Waals surface area contributed by atoms with E-state index in [0.29, 0.717) is 12.2 Å². The molecule has 2 aromatic rings. The molecule has 6 nitrogen and oxygen atoms in total. The third-order valence-electron chi connectivity index (χ3n) is 4.88. The molecular formula is C19H23N5O. The van der Waals surface area contributed by atoms with Crippen molar-refractivity contribution in [2.45, 2.75) is 45.1 Å². The first-order valence-corrected chi connectivity index (χ1v) is 9.06. The van der Waals surface area contributed by atoms with Crippen LogP contribution in [0.1, 0.15) is 37.4 Å². The van der Waals surface area contributed by atoms with Crippen molar-refractivity contribution in [2.24, 2.45) is 0 Å². The van der Waals surface area contributed by atoms with E-state index in [1.807, 2.05) is 23.1 Å². The van der Waals surface area contributed by atoms with E-state index in [1.54, 1.807) is 6.20 Å². The number of nitrogens with zero attached hydrogens (tertiary/aromatic N) is 4. The van der Waals surface area contributed by atoms with E-state index in [9.17, 15) is 4.79 Å². The number of likely N-dealkylation sites (tertiary alicyclic amines) is 1. The highest BCUT2D eigenvalue weighted by Gasteiger charge is 2.24. The normalized spacial score (nSPS) is 17.6. The minimum absolute atomic E-state index is 0.151. The van der Waals surface area contributed by atoms with Crippen LogP contribution in [0.4, 0.5) is 5.82 Å². The molecule has 2 aromatic heterocycles. The Morgan fingerprint density at radius 1 is 1.20 bits per heavy atom. The summed E-state index contributed by atoms with van der Waals surface area (Å²) in [5, 5.41) is 3.53. The molecule has 0 saturated carbocycles. The summed E-state index contributed by atoms with van der Waals surface area (Å²) in [6.07, 6.45) is 6.53. The second-order valence-electron chi connectivity index (χ2n) is 6.88. The lowest BCUT2D eigenvalue weighted by molar-refractivity contribution is -0.127. The van der Waals surface area contributed by atoms with Crippen LogP contribution in [-0.2, 0) is 17.6 Å². The number of hydrogen-bond donors (Lipinski definition) is 1. The third-order valence-corrected chi connectivity index (χ3v) is 4.88. The van der Waals surface area contributed by atoms with Gasteiger partial charge in [-0.15, -0.1) is 0 Å². The number of pyridine rings is 1.